The van der Waals surface area contributed by atoms with Crippen LogP contribution in [0.25, 0.3) is 0 Å². The lowest BCUT2D eigenvalue weighted by Crippen LogP contribution is -2.21. The molecule has 0 fully saturated rings. The van der Waals surface area contributed by atoms with E-state index >= 15 is 0 Å². The van der Waals surface area contributed by atoms with E-state index in [9.17, 15) is 14.4 Å². The normalized spacial score (nSPS) is 12.7. The minimum Gasteiger partial charge on any atom is -0.465 e. The number of carbonyl (C=O) groups is 3. The Labute approximate surface area is 254 Å². The van der Waals surface area contributed by atoms with Gasteiger partial charge in [0.25, 0.3) is 0 Å². The van der Waals surface area contributed by atoms with E-state index in [0.29, 0.717) is 18.4 Å². The van der Waals surface area contributed by atoms with Gasteiger partial charge in [0.1, 0.15) is 6.10 Å². The van der Waals surface area contributed by atoms with E-state index in [-0.39, 0.29) is 19.0 Å². The molecular weight excluding hydrogens is 528 g/mol. The highest BCUT2D eigenvalue weighted by Gasteiger charge is 2.18. The Hall–Kier alpha value is -3.59. The summed E-state index contributed by atoms with van der Waals surface area (Å²) >= 11 is 0. The Morgan fingerprint density at radius 1 is 0.786 bits per heavy atom. The van der Waals surface area contributed by atoms with E-state index in [2.05, 4.69) is 55.2 Å². The van der Waals surface area contributed by atoms with Crippen LogP contribution < -0.4 is 0 Å². The molecule has 6 nitrogen and oxygen atoms in total. The van der Waals surface area contributed by atoms with Crippen molar-refractivity contribution < 1.29 is 28.6 Å². The summed E-state index contributed by atoms with van der Waals surface area (Å²) < 4.78 is 16.0. The summed E-state index contributed by atoms with van der Waals surface area (Å²) in [6, 6.07) is 0. The lowest BCUT2D eigenvalue weighted by Gasteiger charge is -2.19. The van der Waals surface area contributed by atoms with Crippen molar-refractivity contribution in [1.29, 1.82) is 0 Å². The van der Waals surface area contributed by atoms with E-state index in [4.69, 9.17) is 14.2 Å². The molecule has 0 aliphatic heterocycles. The van der Waals surface area contributed by atoms with Gasteiger partial charge in [-0.1, -0.05) is 79.7 Å². The molecule has 0 heterocycles. The zero-order chi connectivity index (χ0) is 31.4. The highest BCUT2D eigenvalue weighted by Crippen LogP contribution is 2.18. The third-order valence-corrected chi connectivity index (χ3v) is 5.80. The number of hydrogen-bond donors (Lipinski definition) is 0. The average Bonchev–Trinajstić information content (AvgIpc) is 2.92. The molecule has 0 rings (SSSR count). The third kappa shape index (κ3) is 25.4. The molecule has 42 heavy (non-hydrogen) atoms. The Balaban J connectivity index is 4.62. The first-order chi connectivity index (χ1) is 20.1. The van der Waals surface area contributed by atoms with E-state index < -0.39 is 18.0 Å². The Kier molecular flexibility index (Phi) is 24.1. The second-order valence-corrected chi connectivity index (χ2v) is 10.2. The van der Waals surface area contributed by atoms with Gasteiger partial charge in [0.2, 0.25) is 0 Å². The van der Waals surface area contributed by atoms with Crippen molar-refractivity contribution in [3.63, 3.8) is 0 Å². The van der Waals surface area contributed by atoms with Gasteiger partial charge in [-0.2, -0.15) is 0 Å². The molecule has 0 saturated carbocycles. The second kappa shape index (κ2) is 26.3. The molecule has 1 atom stereocenters. The van der Waals surface area contributed by atoms with Crippen molar-refractivity contribution in [1.82, 2.24) is 0 Å². The van der Waals surface area contributed by atoms with Crippen molar-refractivity contribution in [2.45, 2.75) is 118 Å². The summed E-state index contributed by atoms with van der Waals surface area (Å²) in [5.41, 5.74) is 2.47. The summed E-state index contributed by atoms with van der Waals surface area (Å²) in [5, 5.41) is 0. The molecule has 0 aromatic heterocycles. The van der Waals surface area contributed by atoms with Crippen molar-refractivity contribution in [3.05, 3.63) is 71.6 Å². The molecule has 0 spiro atoms. The van der Waals surface area contributed by atoms with Gasteiger partial charge in [-0.05, 0) is 70.9 Å². The molecule has 0 aliphatic rings. The molecule has 232 valence electrons. The van der Waals surface area contributed by atoms with Crippen LogP contribution in [0.3, 0.4) is 0 Å². The summed E-state index contributed by atoms with van der Waals surface area (Å²) in [6.07, 6.45) is 26.5. The van der Waals surface area contributed by atoms with Crippen LogP contribution >= 0.6 is 0 Å². The number of ether oxygens (including phenoxy) is 3. The van der Waals surface area contributed by atoms with Crippen LogP contribution in [0.15, 0.2) is 71.6 Å². The van der Waals surface area contributed by atoms with Gasteiger partial charge in [0.15, 0.2) is 0 Å². The number of unbranched alkanes of at least 4 members (excludes halogenated alkanes) is 4. The molecular formula is C36H52O6. The van der Waals surface area contributed by atoms with Crippen LogP contribution in [0.5, 0.6) is 0 Å². The van der Waals surface area contributed by atoms with Crippen LogP contribution in [0.4, 0.5) is 0 Å². The molecule has 0 aromatic carbocycles. The van der Waals surface area contributed by atoms with Crippen LogP contribution in [0.2, 0.25) is 0 Å². The predicted octanol–water partition coefficient (Wildman–Crippen LogP) is 8.80. The van der Waals surface area contributed by atoms with E-state index in [1.807, 2.05) is 32.9 Å². The first kappa shape index (κ1) is 38.4. The van der Waals surface area contributed by atoms with Gasteiger partial charge >= 0.3 is 17.9 Å². The number of rotatable bonds is 20. The number of esters is 3. The van der Waals surface area contributed by atoms with Crippen LogP contribution in [-0.4, -0.2) is 30.6 Å². The topological polar surface area (TPSA) is 78.9 Å². The van der Waals surface area contributed by atoms with Gasteiger partial charge in [-0.3, -0.25) is 14.4 Å². The van der Waals surface area contributed by atoms with E-state index in [0.717, 1.165) is 62.5 Å². The summed E-state index contributed by atoms with van der Waals surface area (Å²) in [7, 11) is 0. The van der Waals surface area contributed by atoms with Gasteiger partial charge in [-0.25, -0.2) is 0 Å². The summed E-state index contributed by atoms with van der Waals surface area (Å²) in [6.45, 7) is 10.7. The maximum absolute atomic E-state index is 12.3. The number of allylic oxidation sites excluding steroid dienone is 9. The SMILES string of the molecule is CC/C=C/C/C=C/C/C=C/CCCCCCC(=O)OCC/C(=C/OC(C)=O)C(C/C=C(\C)C#CC=C(C)C)OC(C)=O. The van der Waals surface area contributed by atoms with Crippen molar-refractivity contribution >= 4 is 17.9 Å². The number of hydrogen-bond acceptors (Lipinski definition) is 6. The number of carbonyl (C=O) groups excluding carboxylic acids is 3. The van der Waals surface area contributed by atoms with Gasteiger partial charge in [0, 0.05) is 38.7 Å². The summed E-state index contributed by atoms with van der Waals surface area (Å²) in [5.74, 6) is 4.79. The quantitative estimate of drug-likeness (QED) is 0.0358. The minimum absolute atomic E-state index is 0.0981. The summed E-state index contributed by atoms with van der Waals surface area (Å²) in [4.78, 5) is 35.5. The van der Waals surface area contributed by atoms with E-state index in [1.165, 1.54) is 20.1 Å². The fourth-order valence-corrected chi connectivity index (χ4v) is 3.63. The molecule has 0 radical (unpaired) electrons. The first-order valence-corrected chi connectivity index (χ1v) is 15.1. The van der Waals surface area contributed by atoms with Crippen LogP contribution in [0, 0.1) is 11.8 Å². The molecule has 0 bridgehead atoms. The van der Waals surface area contributed by atoms with E-state index in [1.54, 1.807) is 0 Å². The highest BCUT2D eigenvalue weighted by molar-refractivity contribution is 5.69. The van der Waals surface area contributed by atoms with Crippen LogP contribution in [-0.2, 0) is 28.6 Å². The largest absolute Gasteiger partial charge is 0.465 e. The smallest absolute Gasteiger partial charge is 0.307 e. The lowest BCUT2D eigenvalue weighted by atomic mass is 10.0. The fraction of sp³-hybridized carbons (Fsp3) is 0.528. The van der Waals surface area contributed by atoms with Crippen LogP contribution in [0.1, 0.15) is 112 Å². The molecule has 0 aromatic rings. The Bertz CT molecular complexity index is 1040. The standard InChI is InChI=1S/C36H52O6/c1-7-8-9-10-11-12-13-14-15-16-17-18-19-20-24-36(39)40-28-27-34(29-41-32(5)37)35(42-33(6)38)26-25-31(4)23-21-22-30(2)3/h8-9,11-12,14-15,22,25,29,35H,7,10,13,16-20,24,26-28H2,1-6H3/b9-8+,12-11+,15-14+,31-25+,34-29-. The zero-order valence-electron chi connectivity index (χ0n) is 26.7. The highest BCUT2D eigenvalue weighted by atomic mass is 16.6. The van der Waals surface area contributed by atoms with Crippen molar-refractivity contribution in [2.24, 2.45) is 0 Å². The van der Waals surface area contributed by atoms with Crippen molar-refractivity contribution in [3.8, 4) is 11.8 Å². The molecule has 1 unspecified atom stereocenters. The molecule has 0 N–H and O–H groups in total. The van der Waals surface area contributed by atoms with Gasteiger partial charge < -0.3 is 14.2 Å². The predicted molar refractivity (Wildman–Crippen MR) is 171 cm³/mol. The molecule has 0 saturated heterocycles. The molecule has 0 aliphatic carbocycles. The first-order valence-electron chi connectivity index (χ1n) is 15.1. The lowest BCUT2D eigenvalue weighted by molar-refractivity contribution is -0.146. The zero-order valence-corrected chi connectivity index (χ0v) is 26.7. The maximum Gasteiger partial charge on any atom is 0.307 e. The fourth-order valence-electron chi connectivity index (χ4n) is 3.63. The van der Waals surface area contributed by atoms with Gasteiger partial charge in [0.05, 0.1) is 12.9 Å². The van der Waals surface area contributed by atoms with Gasteiger partial charge in [-0.15, -0.1) is 0 Å². The average molecular weight is 581 g/mol. The Morgan fingerprint density at radius 3 is 2.10 bits per heavy atom. The molecule has 6 heteroatoms. The second-order valence-electron chi connectivity index (χ2n) is 10.2. The molecule has 0 amide bonds. The van der Waals surface area contributed by atoms with Crippen molar-refractivity contribution in [2.75, 3.05) is 6.61 Å². The third-order valence-electron chi connectivity index (χ3n) is 5.80. The minimum atomic E-state index is -0.672. The Morgan fingerprint density at radius 2 is 1.45 bits per heavy atom. The maximum atomic E-state index is 12.3. The monoisotopic (exact) mass is 580 g/mol.